The first-order valence-electron chi connectivity index (χ1n) is 5.63. The van der Waals surface area contributed by atoms with Crippen molar-refractivity contribution in [3.8, 4) is 0 Å². The van der Waals surface area contributed by atoms with Crippen molar-refractivity contribution in [2.45, 2.75) is 19.4 Å². The number of thiophene rings is 1. The molecule has 1 N–H and O–H groups in total. The highest BCUT2D eigenvalue weighted by atomic mass is 32.1. The number of methoxy groups -OCH3 is 1. The first kappa shape index (κ1) is 14.9. The predicted molar refractivity (Wildman–Crippen MR) is 71.4 cm³/mol. The highest BCUT2D eigenvalue weighted by Crippen LogP contribution is 2.39. The highest BCUT2D eigenvalue weighted by molar-refractivity contribution is 7.16. The largest absolute Gasteiger partial charge is 0.388 e. The molecule has 0 fully saturated rings. The fourth-order valence-electron chi connectivity index (χ4n) is 1.55. The standard InChI is InChI=1S/C11H18N2O4S/c1-8(14)10-7-9(13(15)16)11(18-10)12(2)5-4-6-17-3/h7-8,14H,4-6H2,1-3H3/t8-/m0/s1. The van der Waals surface area contributed by atoms with Crippen molar-refractivity contribution in [3.05, 3.63) is 21.1 Å². The molecule has 6 nitrogen and oxygen atoms in total. The molecule has 0 saturated heterocycles. The van der Waals surface area contributed by atoms with E-state index >= 15 is 0 Å². The molecule has 0 aliphatic heterocycles. The number of nitrogens with zero attached hydrogens (tertiary/aromatic N) is 2. The molecule has 1 aromatic rings. The van der Waals surface area contributed by atoms with Crippen molar-refractivity contribution in [1.82, 2.24) is 0 Å². The van der Waals surface area contributed by atoms with E-state index < -0.39 is 11.0 Å². The molecule has 0 aliphatic carbocycles. The zero-order valence-corrected chi connectivity index (χ0v) is 11.6. The molecule has 0 radical (unpaired) electrons. The van der Waals surface area contributed by atoms with Crippen molar-refractivity contribution in [2.24, 2.45) is 0 Å². The molecule has 0 spiro atoms. The lowest BCUT2D eigenvalue weighted by molar-refractivity contribution is -0.383. The molecule has 1 atom stereocenters. The zero-order valence-electron chi connectivity index (χ0n) is 10.8. The van der Waals surface area contributed by atoms with Gasteiger partial charge in [0.2, 0.25) is 0 Å². The lowest BCUT2D eigenvalue weighted by Crippen LogP contribution is -2.19. The molecule has 7 heteroatoms. The first-order valence-corrected chi connectivity index (χ1v) is 6.45. The summed E-state index contributed by atoms with van der Waals surface area (Å²) < 4.78 is 4.95. The minimum absolute atomic E-state index is 0.0517. The summed E-state index contributed by atoms with van der Waals surface area (Å²) in [7, 11) is 3.43. The van der Waals surface area contributed by atoms with Crippen LogP contribution in [0.4, 0.5) is 10.7 Å². The molecule has 0 amide bonds. The summed E-state index contributed by atoms with van der Waals surface area (Å²) in [6, 6.07) is 1.44. The number of nitro groups is 1. The summed E-state index contributed by atoms with van der Waals surface area (Å²) in [6.07, 6.45) is 0.112. The fraction of sp³-hybridized carbons (Fsp3) is 0.636. The van der Waals surface area contributed by atoms with Crippen LogP contribution in [-0.2, 0) is 4.74 Å². The van der Waals surface area contributed by atoms with E-state index in [2.05, 4.69) is 0 Å². The van der Waals surface area contributed by atoms with E-state index in [9.17, 15) is 15.2 Å². The van der Waals surface area contributed by atoms with Gasteiger partial charge in [-0.05, 0) is 13.3 Å². The number of ether oxygens (including phenoxy) is 1. The topological polar surface area (TPSA) is 75.8 Å². The van der Waals surface area contributed by atoms with E-state index in [1.54, 1.807) is 21.1 Å². The summed E-state index contributed by atoms with van der Waals surface area (Å²) in [4.78, 5) is 13.0. The van der Waals surface area contributed by atoms with Crippen molar-refractivity contribution in [3.63, 3.8) is 0 Å². The number of aliphatic hydroxyl groups excluding tert-OH is 1. The zero-order chi connectivity index (χ0) is 13.7. The normalized spacial score (nSPS) is 12.4. The van der Waals surface area contributed by atoms with E-state index in [1.807, 2.05) is 4.90 Å². The molecule has 102 valence electrons. The Morgan fingerprint density at radius 2 is 2.33 bits per heavy atom. The monoisotopic (exact) mass is 274 g/mol. The highest BCUT2D eigenvalue weighted by Gasteiger charge is 2.23. The van der Waals surface area contributed by atoms with Crippen LogP contribution in [-0.4, -0.2) is 37.3 Å². The Bertz CT molecular complexity index is 406. The molecule has 0 saturated carbocycles. The maximum absolute atomic E-state index is 11.0. The van der Waals surface area contributed by atoms with Crippen molar-refractivity contribution < 1.29 is 14.8 Å². The summed E-state index contributed by atoms with van der Waals surface area (Å²) in [5.41, 5.74) is 0.0517. The summed E-state index contributed by atoms with van der Waals surface area (Å²) in [6.45, 7) is 2.89. The molecule has 18 heavy (non-hydrogen) atoms. The van der Waals surface area contributed by atoms with Crippen molar-refractivity contribution in [2.75, 3.05) is 32.2 Å². The number of aliphatic hydroxyl groups is 1. The third kappa shape index (κ3) is 3.66. The summed E-state index contributed by atoms with van der Waals surface area (Å²) in [5.74, 6) is 0. The Labute approximate surface area is 110 Å². The van der Waals surface area contributed by atoms with Gasteiger partial charge >= 0.3 is 5.69 Å². The quantitative estimate of drug-likeness (QED) is 0.468. The van der Waals surface area contributed by atoms with E-state index in [0.717, 1.165) is 6.42 Å². The smallest absolute Gasteiger partial charge is 0.304 e. The van der Waals surface area contributed by atoms with Gasteiger partial charge in [0.15, 0.2) is 5.00 Å². The van der Waals surface area contributed by atoms with Gasteiger partial charge in [-0.3, -0.25) is 10.1 Å². The summed E-state index contributed by atoms with van der Waals surface area (Å²) in [5, 5.41) is 21.0. The fourth-order valence-corrected chi connectivity index (χ4v) is 2.60. The van der Waals surface area contributed by atoms with E-state index in [4.69, 9.17) is 4.74 Å². The number of hydrogen-bond donors (Lipinski definition) is 1. The van der Waals surface area contributed by atoms with Crippen LogP contribution in [0.5, 0.6) is 0 Å². The minimum atomic E-state index is -0.685. The van der Waals surface area contributed by atoms with Crippen LogP contribution in [0.25, 0.3) is 0 Å². The summed E-state index contributed by atoms with van der Waals surface area (Å²) >= 11 is 1.26. The number of hydrogen-bond acceptors (Lipinski definition) is 6. The lowest BCUT2D eigenvalue weighted by Gasteiger charge is -2.16. The van der Waals surface area contributed by atoms with Gasteiger partial charge in [-0.1, -0.05) is 0 Å². The lowest BCUT2D eigenvalue weighted by atomic mass is 10.3. The van der Waals surface area contributed by atoms with Crippen LogP contribution in [0.2, 0.25) is 0 Å². The predicted octanol–water partition coefficient (Wildman–Crippen LogP) is 2.18. The van der Waals surface area contributed by atoms with Gasteiger partial charge in [0.05, 0.1) is 11.0 Å². The molecule has 0 unspecified atom stereocenters. The SMILES string of the molecule is COCCCN(C)c1sc([C@H](C)O)cc1[N+](=O)[O-]. The molecule has 1 heterocycles. The van der Waals surface area contributed by atoms with Crippen LogP contribution in [0.1, 0.15) is 24.3 Å². The molecule has 0 aliphatic rings. The second-order valence-corrected chi connectivity index (χ2v) is 5.10. The average Bonchev–Trinajstić information content (AvgIpc) is 2.74. The molecule has 0 aromatic carbocycles. The van der Waals surface area contributed by atoms with Gasteiger partial charge in [0.25, 0.3) is 0 Å². The Hall–Kier alpha value is -1.18. The Balaban J connectivity index is 2.88. The molecule has 1 aromatic heterocycles. The molecular weight excluding hydrogens is 256 g/mol. The van der Waals surface area contributed by atoms with Gasteiger partial charge in [0, 0.05) is 38.3 Å². The third-order valence-corrected chi connectivity index (χ3v) is 3.92. The van der Waals surface area contributed by atoms with Crippen LogP contribution in [0.15, 0.2) is 6.07 Å². The second-order valence-electron chi connectivity index (χ2n) is 4.04. The van der Waals surface area contributed by atoms with Gasteiger partial charge in [-0.2, -0.15) is 0 Å². The van der Waals surface area contributed by atoms with Gasteiger partial charge in [-0.25, -0.2) is 0 Å². The number of anilines is 1. The van der Waals surface area contributed by atoms with Gasteiger partial charge in [0.1, 0.15) is 0 Å². The van der Waals surface area contributed by atoms with Crippen LogP contribution < -0.4 is 4.90 Å². The Morgan fingerprint density at radius 3 is 2.83 bits per heavy atom. The van der Waals surface area contributed by atoms with E-state index in [0.29, 0.717) is 23.0 Å². The molecular formula is C11H18N2O4S. The Kier molecular flexibility index (Phi) is 5.52. The minimum Gasteiger partial charge on any atom is -0.388 e. The number of rotatable bonds is 7. The van der Waals surface area contributed by atoms with Crippen molar-refractivity contribution >= 4 is 22.0 Å². The van der Waals surface area contributed by atoms with E-state index in [-0.39, 0.29) is 5.69 Å². The van der Waals surface area contributed by atoms with Crippen LogP contribution >= 0.6 is 11.3 Å². The first-order chi connectivity index (χ1) is 8.47. The van der Waals surface area contributed by atoms with Gasteiger partial charge < -0.3 is 14.7 Å². The molecule has 1 rings (SSSR count). The Morgan fingerprint density at radius 1 is 1.67 bits per heavy atom. The van der Waals surface area contributed by atoms with Crippen molar-refractivity contribution in [1.29, 1.82) is 0 Å². The van der Waals surface area contributed by atoms with Gasteiger partial charge in [-0.15, -0.1) is 11.3 Å². The van der Waals surface area contributed by atoms with Crippen LogP contribution in [0.3, 0.4) is 0 Å². The van der Waals surface area contributed by atoms with E-state index in [1.165, 1.54) is 17.4 Å². The maximum atomic E-state index is 11.0. The third-order valence-electron chi connectivity index (χ3n) is 2.51. The second kappa shape index (κ2) is 6.67. The van der Waals surface area contributed by atoms with Crippen LogP contribution in [0, 0.1) is 10.1 Å². The maximum Gasteiger partial charge on any atom is 0.304 e. The average molecular weight is 274 g/mol. The molecule has 0 bridgehead atoms.